The monoisotopic (exact) mass is 411 g/mol. The van der Waals surface area contributed by atoms with Gasteiger partial charge in [0.15, 0.2) is 0 Å². The van der Waals surface area contributed by atoms with Gasteiger partial charge in [0.25, 0.3) is 0 Å². The van der Waals surface area contributed by atoms with E-state index < -0.39 is 5.91 Å². The Morgan fingerprint density at radius 3 is 2.70 bits per heavy atom. The van der Waals surface area contributed by atoms with Gasteiger partial charge in [-0.05, 0) is 49.1 Å². The first-order valence-corrected chi connectivity index (χ1v) is 10.2. The maximum atomic E-state index is 13.1. The molecular formula is C22H29N5O3. The predicted molar refractivity (Wildman–Crippen MR) is 117 cm³/mol. The molecule has 1 fully saturated rings. The number of methoxy groups -OCH3 is 1. The minimum absolute atomic E-state index is 0.268. The number of piperidine rings is 1. The van der Waals surface area contributed by atoms with Crippen LogP contribution < -0.4 is 16.0 Å². The van der Waals surface area contributed by atoms with E-state index in [2.05, 4.69) is 15.2 Å². The van der Waals surface area contributed by atoms with Gasteiger partial charge in [-0.2, -0.15) is 0 Å². The highest BCUT2D eigenvalue weighted by molar-refractivity contribution is 5.99. The fraction of sp³-hybridized carbons (Fsp3) is 0.409. The molecule has 160 valence electrons. The van der Waals surface area contributed by atoms with Crippen molar-refractivity contribution < 1.29 is 14.3 Å². The highest BCUT2D eigenvalue weighted by atomic mass is 16.5. The summed E-state index contributed by atoms with van der Waals surface area (Å²) in [5.74, 6) is -0.526. The van der Waals surface area contributed by atoms with Crippen LogP contribution in [0.25, 0.3) is 0 Å². The molecule has 0 spiro atoms. The third-order valence-electron chi connectivity index (χ3n) is 5.17. The number of primary amides is 1. The summed E-state index contributed by atoms with van der Waals surface area (Å²) < 4.78 is 5.17. The molecule has 30 heavy (non-hydrogen) atoms. The Kier molecular flexibility index (Phi) is 7.62. The molecule has 8 nitrogen and oxygen atoms in total. The molecule has 2 aromatic rings. The van der Waals surface area contributed by atoms with Gasteiger partial charge in [0.2, 0.25) is 5.91 Å². The van der Waals surface area contributed by atoms with Crippen LogP contribution in [0.4, 0.5) is 16.2 Å². The number of carbonyl (C=O) groups is 2. The summed E-state index contributed by atoms with van der Waals surface area (Å²) in [5, 5.41) is 2.99. The molecule has 8 heteroatoms. The summed E-state index contributed by atoms with van der Waals surface area (Å²) in [6.07, 6.45) is 6.84. The van der Waals surface area contributed by atoms with E-state index in [1.54, 1.807) is 36.5 Å². The second-order valence-corrected chi connectivity index (χ2v) is 7.35. The van der Waals surface area contributed by atoms with Crippen LogP contribution in [0.1, 0.15) is 35.2 Å². The molecule has 1 aromatic carbocycles. The van der Waals surface area contributed by atoms with Gasteiger partial charge in [-0.15, -0.1) is 0 Å². The zero-order valence-corrected chi connectivity index (χ0v) is 17.3. The van der Waals surface area contributed by atoms with Gasteiger partial charge >= 0.3 is 6.03 Å². The lowest BCUT2D eigenvalue weighted by molar-refractivity contribution is 0.1000. The van der Waals surface area contributed by atoms with Crippen molar-refractivity contribution in [3.63, 3.8) is 0 Å². The molecule has 0 atom stereocenters. The van der Waals surface area contributed by atoms with E-state index in [9.17, 15) is 9.59 Å². The lowest BCUT2D eigenvalue weighted by Gasteiger charge is -2.31. The van der Waals surface area contributed by atoms with Crippen LogP contribution in [0.2, 0.25) is 0 Å². The summed E-state index contributed by atoms with van der Waals surface area (Å²) in [5.41, 5.74) is 8.25. The van der Waals surface area contributed by atoms with Crippen LogP contribution in [-0.2, 0) is 11.3 Å². The average Bonchev–Trinajstić information content (AvgIpc) is 2.77. The molecule has 3 amide bonds. The number of ether oxygens (including phenoxy) is 1. The van der Waals surface area contributed by atoms with Gasteiger partial charge in [0, 0.05) is 51.2 Å². The summed E-state index contributed by atoms with van der Waals surface area (Å²) in [6, 6.07) is 8.72. The van der Waals surface area contributed by atoms with Crippen LogP contribution in [0.15, 0.2) is 42.7 Å². The number of benzene rings is 1. The van der Waals surface area contributed by atoms with E-state index in [1.807, 2.05) is 18.2 Å². The Bertz CT molecular complexity index is 853. The van der Waals surface area contributed by atoms with Gasteiger partial charge in [-0.1, -0.05) is 6.07 Å². The standard InChI is InChI=1S/C22H29N5O3/c1-30-13-12-27(16-17-6-5-9-24-15-17)22(29)25-19-14-18(21(23)28)7-8-20(19)26-10-3-2-4-11-26/h5-9,14-15H,2-4,10-13,16H2,1H3,(H2,23,28)(H,25,29). The number of hydrogen-bond acceptors (Lipinski definition) is 5. The van der Waals surface area contributed by atoms with Gasteiger partial charge < -0.3 is 25.6 Å². The van der Waals surface area contributed by atoms with Gasteiger partial charge in [0.1, 0.15) is 0 Å². The molecule has 0 saturated carbocycles. The lowest BCUT2D eigenvalue weighted by atomic mass is 10.1. The van der Waals surface area contributed by atoms with Crippen LogP contribution in [-0.4, -0.2) is 55.2 Å². The first-order chi connectivity index (χ1) is 14.6. The quantitative estimate of drug-likeness (QED) is 0.696. The van der Waals surface area contributed by atoms with Crippen molar-refractivity contribution in [2.75, 3.05) is 43.6 Å². The van der Waals surface area contributed by atoms with Crippen molar-refractivity contribution in [3.05, 3.63) is 53.9 Å². The zero-order chi connectivity index (χ0) is 21.3. The van der Waals surface area contributed by atoms with Gasteiger partial charge in [-0.25, -0.2) is 4.79 Å². The average molecular weight is 412 g/mol. The van der Waals surface area contributed by atoms with E-state index in [0.29, 0.717) is 30.9 Å². The molecule has 2 heterocycles. The van der Waals surface area contributed by atoms with E-state index in [4.69, 9.17) is 10.5 Å². The van der Waals surface area contributed by atoms with Crippen molar-refractivity contribution in [1.29, 1.82) is 0 Å². The SMILES string of the molecule is COCCN(Cc1cccnc1)C(=O)Nc1cc(C(N)=O)ccc1N1CCCCC1. The highest BCUT2D eigenvalue weighted by Gasteiger charge is 2.20. The fourth-order valence-electron chi connectivity index (χ4n) is 3.56. The Hall–Kier alpha value is -3.13. The topological polar surface area (TPSA) is 101 Å². The number of hydrogen-bond donors (Lipinski definition) is 2. The number of amides is 3. The van der Waals surface area contributed by atoms with Crippen LogP contribution in [0, 0.1) is 0 Å². The molecule has 0 radical (unpaired) electrons. The normalized spacial score (nSPS) is 13.7. The van der Waals surface area contributed by atoms with E-state index >= 15 is 0 Å². The molecule has 1 aromatic heterocycles. The molecule has 3 N–H and O–H groups in total. The molecule has 1 aliphatic heterocycles. The van der Waals surface area contributed by atoms with Crippen LogP contribution in [0.5, 0.6) is 0 Å². The molecule has 3 rings (SSSR count). The largest absolute Gasteiger partial charge is 0.383 e. The lowest BCUT2D eigenvalue weighted by Crippen LogP contribution is -2.38. The fourth-order valence-corrected chi connectivity index (χ4v) is 3.56. The van der Waals surface area contributed by atoms with E-state index in [-0.39, 0.29) is 6.03 Å². The second kappa shape index (κ2) is 10.6. The minimum atomic E-state index is -0.526. The number of nitrogens with one attached hydrogen (secondary N) is 1. The maximum absolute atomic E-state index is 13.1. The number of rotatable bonds is 8. The van der Waals surface area contributed by atoms with Gasteiger partial charge in [0.05, 0.1) is 18.0 Å². The maximum Gasteiger partial charge on any atom is 0.322 e. The number of carbonyl (C=O) groups excluding carboxylic acids is 2. The predicted octanol–water partition coefficient (Wildman–Crippen LogP) is 2.85. The van der Waals surface area contributed by atoms with Crippen LogP contribution >= 0.6 is 0 Å². The molecule has 0 aliphatic carbocycles. The Labute approximate surface area is 177 Å². The smallest absolute Gasteiger partial charge is 0.322 e. The third kappa shape index (κ3) is 5.70. The van der Waals surface area contributed by atoms with Crippen LogP contribution in [0.3, 0.4) is 0 Å². The van der Waals surface area contributed by atoms with Gasteiger partial charge in [-0.3, -0.25) is 9.78 Å². The number of anilines is 2. The molecule has 1 saturated heterocycles. The summed E-state index contributed by atoms with van der Waals surface area (Å²) in [4.78, 5) is 32.9. The Morgan fingerprint density at radius 1 is 1.23 bits per heavy atom. The number of urea groups is 1. The number of pyridine rings is 1. The number of nitrogens with two attached hydrogens (primary N) is 1. The highest BCUT2D eigenvalue weighted by Crippen LogP contribution is 2.30. The van der Waals surface area contributed by atoms with E-state index in [1.165, 1.54) is 6.42 Å². The van der Waals surface area contributed by atoms with Crippen molar-refractivity contribution in [1.82, 2.24) is 9.88 Å². The number of nitrogens with zero attached hydrogens (tertiary/aromatic N) is 3. The molecule has 1 aliphatic rings. The zero-order valence-electron chi connectivity index (χ0n) is 17.3. The molecule has 0 unspecified atom stereocenters. The number of aromatic nitrogens is 1. The summed E-state index contributed by atoms with van der Waals surface area (Å²) in [6.45, 7) is 3.07. The molecular weight excluding hydrogens is 382 g/mol. The van der Waals surface area contributed by atoms with E-state index in [0.717, 1.165) is 37.2 Å². The van der Waals surface area contributed by atoms with Crippen molar-refractivity contribution in [2.24, 2.45) is 5.73 Å². The van der Waals surface area contributed by atoms with Crippen molar-refractivity contribution >= 4 is 23.3 Å². The first kappa shape index (κ1) is 21.6. The minimum Gasteiger partial charge on any atom is -0.383 e. The molecule has 0 bridgehead atoms. The summed E-state index contributed by atoms with van der Waals surface area (Å²) >= 11 is 0. The first-order valence-electron chi connectivity index (χ1n) is 10.2. The third-order valence-corrected chi connectivity index (χ3v) is 5.17. The Balaban J connectivity index is 1.83. The van der Waals surface area contributed by atoms with Crippen molar-refractivity contribution in [2.45, 2.75) is 25.8 Å². The second-order valence-electron chi connectivity index (χ2n) is 7.35. The summed E-state index contributed by atoms with van der Waals surface area (Å²) in [7, 11) is 1.60. The Morgan fingerprint density at radius 2 is 2.03 bits per heavy atom. The van der Waals surface area contributed by atoms with Crippen molar-refractivity contribution in [3.8, 4) is 0 Å².